The van der Waals surface area contributed by atoms with Crippen LogP contribution in [-0.4, -0.2) is 22.4 Å². The van der Waals surface area contributed by atoms with Crippen molar-refractivity contribution in [2.24, 2.45) is 0 Å². The molecule has 0 radical (unpaired) electrons. The minimum atomic E-state index is -0.631. The molecule has 2 aromatic carbocycles. The molecule has 0 saturated heterocycles. The third-order valence-electron chi connectivity index (χ3n) is 5.11. The highest BCUT2D eigenvalue weighted by atomic mass is 32.1. The predicted octanol–water partition coefficient (Wildman–Crippen LogP) is 4.40. The molecule has 0 aliphatic rings. The number of H-pyrrole nitrogens is 1. The Kier molecular flexibility index (Phi) is 6.41. The smallest absolute Gasteiger partial charge is 0.263 e. The Balaban J connectivity index is 1.75. The van der Waals surface area contributed by atoms with Crippen LogP contribution in [0, 0.1) is 12.7 Å². The van der Waals surface area contributed by atoms with Crippen LogP contribution in [0.4, 0.5) is 10.1 Å². The van der Waals surface area contributed by atoms with Gasteiger partial charge >= 0.3 is 0 Å². The summed E-state index contributed by atoms with van der Waals surface area (Å²) in [5.74, 6) is -0.562. The molecule has 0 saturated carbocycles. The van der Waals surface area contributed by atoms with E-state index in [9.17, 15) is 14.0 Å². The normalized spacial score (nSPS) is 11.0. The number of aromatic amines is 1. The van der Waals surface area contributed by atoms with Crippen molar-refractivity contribution in [2.75, 3.05) is 12.3 Å². The lowest BCUT2D eigenvalue weighted by Gasteiger charge is -2.13. The van der Waals surface area contributed by atoms with E-state index in [1.54, 1.807) is 24.3 Å². The number of pyridine rings is 1. The molecule has 0 aliphatic heterocycles. The van der Waals surface area contributed by atoms with Gasteiger partial charge < -0.3 is 20.8 Å². The van der Waals surface area contributed by atoms with Crippen LogP contribution in [0.1, 0.15) is 34.4 Å². The van der Waals surface area contributed by atoms with Crippen molar-refractivity contribution in [2.45, 2.75) is 26.9 Å². The number of nitrogens with one attached hydrogen (secondary N) is 2. The number of thiazole rings is 1. The van der Waals surface area contributed by atoms with Crippen LogP contribution in [0.15, 0.2) is 46.6 Å². The first-order valence-corrected chi connectivity index (χ1v) is 11.3. The maximum atomic E-state index is 14.8. The molecule has 7 nitrogen and oxygen atoms in total. The maximum Gasteiger partial charge on any atom is 0.263 e. The van der Waals surface area contributed by atoms with Crippen LogP contribution in [0.3, 0.4) is 0 Å². The molecule has 4 N–H and O–H groups in total. The highest BCUT2D eigenvalue weighted by molar-refractivity contribution is 7.09. The maximum absolute atomic E-state index is 14.8. The van der Waals surface area contributed by atoms with Gasteiger partial charge in [-0.1, -0.05) is 25.1 Å². The molecule has 1 amide bonds. The number of nitrogen functional groups attached to an aromatic ring is 1. The Labute approximate surface area is 193 Å². The van der Waals surface area contributed by atoms with E-state index in [0.717, 1.165) is 17.1 Å². The van der Waals surface area contributed by atoms with Crippen LogP contribution < -0.4 is 21.3 Å². The van der Waals surface area contributed by atoms with E-state index >= 15 is 0 Å². The first kappa shape index (κ1) is 22.5. The summed E-state index contributed by atoms with van der Waals surface area (Å²) in [4.78, 5) is 32.3. The molecule has 2 aromatic heterocycles. The molecule has 0 unspecified atom stereocenters. The second kappa shape index (κ2) is 9.41. The summed E-state index contributed by atoms with van der Waals surface area (Å²) in [6, 6.07) is 9.49. The molecule has 4 aromatic rings. The van der Waals surface area contributed by atoms with Crippen molar-refractivity contribution in [3.63, 3.8) is 0 Å². The number of carbonyl (C=O) groups excluding carboxylic acids is 1. The van der Waals surface area contributed by atoms with Crippen LogP contribution >= 0.6 is 11.3 Å². The number of hydrogen-bond acceptors (Lipinski definition) is 6. The van der Waals surface area contributed by atoms with Gasteiger partial charge in [-0.25, -0.2) is 9.37 Å². The number of nitrogens with zero attached hydrogens (tertiary/aromatic N) is 1. The Morgan fingerprint density at radius 1 is 1.27 bits per heavy atom. The Bertz CT molecular complexity index is 1400. The summed E-state index contributed by atoms with van der Waals surface area (Å²) in [6.45, 7) is 4.50. The van der Waals surface area contributed by atoms with Gasteiger partial charge in [-0.3, -0.25) is 9.59 Å². The van der Waals surface area contributed by atoms with Crippen molar-refractivity contribution in [1.29, 1.82) is 0 Å². The van der Waals surface area contributed by atoms with E-state index in [1.165, 1.54) is 23.5 Å². The largest absolute Gasteiger partial charge is 0.486 e. The van der Waals surface area contributed by atoms with E-state index in [-0.39, 0.29) is 23.4 Å². The van der Waals surface area contributed by atoms with Crippen LogP contribution in [0.5, 0.6) is 5.75 Å². The number of anilines is 1. The topological polar surface area (TPSA) is 110 Å². The van der Waals surface area contributed by atoms with Crippen molar-refractivity contribution in [3.8, 4) is 16.9 Å². The molecule has 4 rings (SSSR count). The van der Waals surface area contributed by atoms with Crippen molar-refractivity contribution >= 4 is 33.8 Å². The summed E-state index contributed by atoms with van der Waals surface area (Å²) in [5, 5.41) is 5.87. The summed E-state index contributed by atoms with van der Waals surface area (Å²) in [6.07, 6.45) is 0.723. The Hall–Kier alpha value is -3.72. The fraction of sp³-hybridized carbons (Fsp3) is 0.208. The quantitative estimate of drug-likeness (QED) is 0.374. The number of ether oxygens (including phenoxy) is 1. The molecule has 0 fully saturated rings. The van der Waals surface area contributed by atoms with Gasteiger partial charge in [0.15, 0.2) is 0 Å². The van der Waals surface area contributed by atoms with Gasteiger partial charge in [0.05, 0.1) is 11.2 Å². The molecule has 0 atom stereocenters. The third-order valence-corrected chi connectivity index (χ3v) is 6.05. The minimum Gasteiger partial charge on any atom is -0.486 e. The van der Waals surface area contributed by atoms with Gasteiger partial charge in [0.25, 0.3) is 11.5 Å². The van der Waals surface area contributed by atoms with Gasteiger partial charge in [-0.05, 0) is 31.5 Å². The fourth-order valence-electron chi connectivity index (χ4n) is 3.54. The number of aryl methyl sites for hydroxylation is 1. The number of amides is 1. The number of hydrogen-bond donors (Lipinski definition) is 3. The molecule has 2 heterocycles. The lowest BCUT2D eigenvalue weighted by atomic mass is 9.99. The number of nitrogens with two attached hydrogens (primary N) is 1. The summed E-state index contributed by atoms with van der Waals surface area (Å²) < 4.78 is 20.6. The summed E-state index contributed by atoms with van der Waals surface area (Å²) >= 11 is 1.49. The number of halogens is 1. The average molecular weight is 467 g/mol. The molecule has 170 valence electrons. The monoisotopic (exact) mass is 466 g/mol. The highest BCUT2D eigenvalue weighted by Gasteiger charge is 2.20. The van der Waals surface area contributed by atoms with Crippen LogP contribution in [-0.2, 0) is 6.61 Å². The number of rotatable bonds is 7. The molecular weight excluding hydrogens is 443 g/mol. The number of fused-ring (bicyclic) bond motifs is 1. The SMILES string of the molecule is CCCNC(=O)c1c(N)c2cccc(-c3cc(OCc4nc(C)cs4)ccc3F)c2[nH]c1=O. The van der Waals surface area contributed by atoms with Crippen molar-refractivity contribution in [3.05, 3.63) is 74.2 Å². The van der Waals surface area contributed by atoms with Crippen LogP contribution in [0.2, 0.25) is 0 Å². The average Bonchev–Trinajstić information content (AvgIpc) is 3.22. The number of para-hydroxylation sites is 1. The standard InChI is InChI=1S/C24H23FN4O3S/c1-3-9-27-23(30)20-21(26)16-6-4-5-15(22(16)29-24(20)31)17-10-14(7-8-18(17)25)32-11-19-28-13(2)12-33-19/h4-8,10,12H,3,9,11H2,1-2H3,(H,27,30)(H3,26,29,31). The lowest BCUT2D eigenvalue weighted by Crippen LogP contribution is -2.31. The zero-order chi connectivity index (χ0) is 23.5. The second-order valence-corrected chi connectivity index (χ2v) is 8.48. The zero-order valence-corrected chi connectivity index (χ0v) is 19.0. The summed E-state index contributed by atoms with van der Waals surface area (Å²) in [5.41, 5.74) is 7.43. The van der Waals surface area contributed by atoms with Gasteiger partial charge in [0.2, 0.25) is 0 Å². The lowest BCUT2D eigenvalue weighted by molar-refractivity contribution is 0.0953. The van der Waals surface area contributed by atoms with E-state index in [0.29, 0.717) is 28.8 Å². The molecule has 0 spiro atoms. The van der Waals surface area contributed by atoms with E-state index < -0.39 is 17.3 Å². The number of carbonyl (C=O) groups is 1. The number of aromatic nitrogens is 2. The van der Waals surface area contributed by atoms with Gasteiger partial charge in [-0.15, -0.1) is 11.3 Å². The molecule has 0 bridgehead atoms. The third kappa shape index (κ3) is 4.58. The zero-order valence-electron chi connectivity index (χ0n) is 18.2. The Morgan fingerprint density at radius 3 is 2.82 bits per heavy atom. The van der Waals surface area contributed by atoms with E-state index in [2.05, 4.69) is 15.3 Å². The Morgan fingerprint density at radius 2 is 2.09 bits per heavy atom. The summed E-state index contributed by atoms with van der Waals surface area (Å²) in [7, 11) is 0. The first-order chi connectivity index (χ1) is 15.9. The van der Waals surface area contributed by atoms with Gasteiger partial charge in [-0.2, -0.15) is 0 Å². The van der Waals surface area contributed by atoms with Crippen molar-refractivity contribution < 1.29 is 13.9 Å². The minimum absolute atomic E-state index is 0.0520. The molecule has 9 heteroatoms. The fourth-order valence-corrected chi connectivity index (χ4v) is 4.22. The van der Waals surface area contributed by atoms with Gasteiger partial charge in [0, 0.05) is 34.1 Å². The predicted molar refractivity (Wildman–Crippen MR) is 128 cm³/mol. The molecular formula is C24H23FN4O3S. The first-order valence-electron chi connectivity index (χ1n) is 10.5. The second-order valence-electron chi connectivity index (χ2n) is 7.54. The van der Waals surface area contributed by atoms with Crippen molar-refractivity contribution in [1.82, 2.24) is 15.3 Å². The van der Waals surface area contributed by atoms with Gasteiger partial charge in [0.1, 0.15) is 28.7 Å². The van der Waals surface area contributed by atoms with Crippen LogP contribution in [0.25, 0.3) is 22.0 Å². The molecule has 0 aliphatic carbocycles. The molecule has 33 heavy (non-hydrogen) atoms. The number of benzene rings is 2. The van der Waals surface area contributed by atoms with E-state index in [1.807, 2.05) is 19.2 Å². The highest BCUT2D eigenvalue weighted by Crippen LogP contribution is 2.34. The van der Waals surface area contributed by atoms with E-state index in [4.69, 9.17) is 10.5 Å².